The van der Waals surface area contributed by atoms with Crippen LogP contribution in [-0.2, 0) is 30.9 Å². The van der Waals surface area contributed by atoms with Gasteiger partial charge in [0, 0.05) is 18.3 Å². The van der Waals surface area contributed by atoms with Gasteiger partial charge in [0.2, 0.25) is 21.7 Å². The summed E-state index contributed by atoms with van der Waals surface area (Å²) in [6.07, 6.45) is 0.883. The molecule has 0 bridgehead atoms. The van der Waals surface area contributed by atoms with Crippen molar-refractivity contribution in [2.24, 2.45) is 0 Å². The number of ketones is 1. The maximum Gasteiger partial charge on any atom is 0.324 e. The molecule has 2 aromatic rings. The predicted octanol–water partition coefficient (Wildman–Crippen LogP) is 2.27. The molecule has 1 aliphatic rings. The second-order valence-electron chi connectivity index (χ2n) is 7.29. The summed E-state index contributed by atoms with van der Waals surface area (Å²) in [5.41, 5.74) is 0.934. The Balaban J connectivity index is 1.61. The van der Waals surface area contributed by atoms with E-state index in [4.69, 9.17) is 4.74 Å². The van der Waals surface area contributed by atoms with E-state index in [1.807, 2.05) is 6.92 Å². The normalized spacial score (nSPS) is 16.8. The number of carbonyl (C=O) groups excluding carboxylic acids is 3. The molecule has 31 heavy (non-hydrogen) atoms. The summed E-state index contributed by atoms with van der Waals surface area (Å²) in [4.78, 5) is 37.3. The number of nitrogens with one attached hydrogen (secondary N) is 1. The zero-order valence-corrected chi connectivity index (χ0v) is 18.9. The number of ether oxygens (including phenoxy) is 1. The number of carbonyl (C=O) groups is 3. The van der Waals surface area contributed by atoms with Crippen LogP contribution in [0.5, 0.6) is 0 Å². The highest BCUT2D eigenvalue weighted by Gasteiger charge is 2.40. The van der Waals surface area contributed by atoms with E-state index in [9.17, 15) is 22.8 Å². The number of aryl methyl sites for hydroxylation is 1. The lowest BCUT2D eigenvalue weighted by Crippen LogP contribution is -2.41. The molecule has 10 heteroatoms. The van der Waals surface area contributed by atoms with Gasteiger partial charge in [-0.15, -0.1) is 11.3 Å². The molecular weight excluding hydrogens is 440 g/mol. The maximum absolute atomic E-state index is 13.0. The number of amides is 1. The topological polar surface area (TPSA) is 110 Å². The number of benzene rings is 1. The Hall–Kier alpha value is -2.56. The zero-order valence-electron chi connectivity index (χ0n) is 17.3. The highest BCUT2D eigenvalue weighted by atomic mass is 32.2. The minimum absolute atomic E-state index is 0.124. The zero-order chi connectivity index (χ0) is 22.6. The van der Waals surface area contributed by atoms with Crippen LogP contribution < -0.4 is 5.32 Å². The fourth-order valence-corrected chi connectivity index (χ4v) is 5.77. The van der Waals surface area contributed by atoms with Gasteiger partial charge < -0.3 is 10.1 Å². The van der Waals surface area contributed by atoms with Crippen LogP contribution in [-0.4, -0.2) is 49.6 Å². The molecule has 2 heterocycles. The van der Waals surface area contributed by atoms with E-state index in [-0.39, 0.29) is 23.1 Å². The number of Topliss-reactive ketones (excluding diaryl/α,β-unsaturated/α-hetero) is 1. The van der Waals surface area contributed by atoms with Crippen LogP contribution in [0.25, 0.3) is 0 Å². The number of thiophene rings is 1. The Morgan fingerprint density at radius 3 is 2.55 bits per heavy atom. The quantitative estimate of drug-likeness (QED) is 0.474. The van der Waals surface area contributed by atoms with Gasteiger partial charge >= 0.3 is 5.97 Å². The first-order valence-electron chi connectivity index (χ1n) is 9.80. The number of rotatable bonds is 8. The molecule has 1 atom stereocenters. The molecule has 166 valence electrons. The van der Waals surface area contributed by atoms with Crippen LogP contribution in [0, 0.1) is 6.92 Å². The summed E-state index contributed by atoms with van der Waals surface area (Å²) in [6.45, 7) is 3.35. The highest BCUT2D eigenvalue weighted by molar-refractivity contribution is 7.89. The minimum Gasteiger partial charge on any atom is -0.456 e. The van der Waals surface area contributed by atoms with Crippen molar-refractivity contribution < 1.29 is 27.5 Å². The molecule has 1 aliphatic heterocycles. The van der Waals surface area contributed by atoms with E-state index in [0.717, 1.165) is 14.7 Å². The predicted molar refractivity (Wildman–Crippen MR) is 115 cm³/mol. The molecule has 0 saturated carbocycles. The van der Waals surface area contributed by atoms with Crippen molar-refractivity contribution in [3.63, 3.8) is 0 Å². The fourth-order valence-electron chi connectivity index (χ4n) is 3.25. The van der Waals surface area contributed by atoms with Crippen molar-refractivity contribution >= 4 is 39.0 Å². The second-order valence-corrected chi connectivity index (χ2v) is 10.4. The summed E-state index contributed by atoms with van der Waals surface area (Å²) in [5.74, 6) is -1.27. The first kappa shape index (κ1) is 23.1. The van der Waals surface area contributed by atoms with Gasteiger partial charge in [-0.3, -0.25) is 14.4 Å². The smallest absolute Gasteiger partial charge is 0.324 e. The van der Waals surface area contributed by atoms with Gasteiger partial charge in [-0.05, 0) is 44.0 Å². The van der Waals surface area contributed by atoms with E-state index in [2.05, 4.69) is 5.32 Å². The van der Waals surface area contributed by atoms with Gasteiger partial charge in [0.05, 0.1) is 16.3 Å². The molecule has 0 aliphatic carbocycles. The van der Waals surface area contributed by atoms with Crippen LogP contribution in [0.4, 0.5) is 0 Å². The molecule has 0 spiro atoms. The highest BCUT2D eigenvalue weighted by Crippen LogP contribution is 2.27. The van der Waals surface area contributed by atoms with Crippen LogP contribution >= 0.6 is 11.3 Å². The molecule has 1 fully saturated rings. The van der Waals surface area contributed by atoms with E-state index in [1.54, 1.807) is 24.3 Å². The summed E-state index contributed by atoms with van der Waals surface area (Å²) >= 11 is 1.21. The molecule has 0 radical (unpaired) electrons. The number of sulfonamides is 1. The van der Waals surface area contributed by atoms with Crippen LogP contribution in [0.3, 0.4) is 0 Å². The van der Waals surface area contributed by atoms with Gasteiger partial charge in [-0.25, -0.2) is 8.42 Å². The van der Waals surface area contributed by atoms with Crippen LogP contribution in [0.2, 0.25) is 0 Å². The van der Waals surface area contributed by atoms with Gasteiger partial charge in [0.25, 0.3) is 0 Å². The molecule has 1 aromatic carbocycles. The van der Waals surface area contributed by atoms with Gasteiger partial charge in [-0.1, -0.05) is 17.7 Å². The van der Waals surface area contributed by atoms with Gasteiger partial charge in [0.15, 0.2) is 6.61 Å². The fraction of sp³-hybridized carbons (Fsp3) is 0.381. The Bertz CT molecular complexity index is 1080. The molecule has 1 saturated heterocycles. The SMILES string of the molecule is CC(=O)NCc1ccc(C(=O)COC(=O)[C@@H]2CCCN2S(=O)(=O)c2ccc(C)cc2)s1. The van der Waals surface area contributed by atoms with Gasteiger partial charge in [-0.2, -0.15) is 4.31 Å². The standard InChI is InChI=1S/C21H24N2O6S2/c1-14-5-8-17(9-6-14)31(27,28)23-11-3-4-18(23)21(26)29-13-19(25)20-10-7-16(30-20)12-22-15(2)24/h5-10,18H,3-4,11-13H2,1-2H3,(H,22,24)/t18-/m0/s1. The lowest BCUT2D eigenvalue weighted by atomic mass is 10.2. The van der Waals surface area contributed by atoms with Crippen LogP contribution in [0.15, 0.2) is 41.3 Å². The number of hydrogen-bond donors (Lipinski definition) is 1. The van der Waals surface area contributed by atoms with E-state index in [1.165, 1.54) is 30.4 Å². The first-order valence-corrected chi connectivity index (χ1v) is 12.1. The lowest BCUT2D eigenvalue weighted by molar-refractivity contribution is -0.146. The van der Waals surface area contributed by atoms with E-state index in [0.29, 0.717) is 24.3 Å². The van der Waals surface area contributed by atoms with Crippen molar-refractivity contribution in [3.05, 3.63) is 51.7 Å². The van der Waals surface area contributed by atoms with Crippen molar-refractivity contribution in [2.75, 3.05) is 13.2 Å². The third-order valence-corrected chi connectivity index (χ3v) is 7.95. The average Bonchev–Trinajstić information content (AvgIpc) is 3.40. The molecule has 1 aromatic heterocycles. The maximum atomic E-state index is 13.0. The summed E-state index contributed by atoms with van der Waals surface area (Å²) in [5, 5.41) is 2.65. The second kappa shape index (κ2) is 9.71. The monoisotopic (exact) mass is 464 g/mol. The molecule has 8 nitrogen and oxygen atoms in total. The largest absolute Gasteiger partial charge is 0.456 e. The van der Waals surface area contributed by atoms with E-state index >= 15 is 0 Å². The van der Waals surface area contributed by atoms with Crippen molar-refractivity contribution in [1.82, 2.24) is 9.62 Å². The molecule has 1 amide bonds. The third kappa shape index (κ3) is 5.57. The molecular formula is C21H24N2O6S2. The summed E-state index contributed by atoms with van der Waals surface area (Å²) in [7, 11) is -3.84. The van der Waals surface area contributed by atoms with Crippen molar-refractivity contribution in [3.8, 4) is 0 Å². The molecule has 1 N–H and O–H groups in total. The third-order valence-electron chi connectivity index (χ3n) is 4.90. The van der Waals surface area contributed by atoms with Crippen molar-refractivity contribution in [2.45, 2.75) is 44.2 Å². The van der Waals surface area contributed by atoms with Gasteiger partial charge in [0.1, 0.15) is 6.04 Å². The number of esters is 1. The average molecular weight is 465 g/mol. The number of nitrogens with zero attached hydrogens (tertiary/aromatic N) is 1. The number of hydrogen-bond acceptors (Lipinski definition) is 7. The Kier molecular flexibility index (Phi) is 7.24. The first-order chi connectivity index (χ1) is 14.7. The lowest BCUT2D eigenvalue weighted by Gasteiger charge is -2.22. The molecule has 0 unspecified atom stereocenters. The molecule has 3 rings (SSSR count). The minimum atomic E-state index is -3.84. The summed E-state index contributed by atoms with van der Waals surface area (Å²) < 4.78 is 32.2. The Morgan fingerprint density at radius 1 is 1.16 bits per heavy atom. The Morgan fingerprint density at radius 2 is 1.87 bits per heavy atom. The van der Waals surface area contributed by atoms with Crippen LogP contribution in [0.1, 0.15) is 39.9 Å². The van der Waals surface area contributed by atoms with E-state index < -0.39 is 28.6 Å². The summed E-state index contributed by atoms with van der Waals surface area (Å²) in [6, 6.07) is 8.84. The Labute approximate surface area is 185 Å². The van der Waals surface area contributed by atoms with Crippen molar-refractivity contribution in [1.29, 1.82) is 0 Å².